The minimum Gasteiger partial charge on any atom is -0.384 e. The maximum absolute atomic E-state index is 7.34. The maximum Gasteiger partial charge on any atom is 0.123 e. The van der Waals surface area contributed by atoms with Crippen LogP contribution in [0.4, 0.5) is 0 Å². The van der Waals surface area contributed by atoms with Crippen molar-refractivity contribution in [2.75, 3.05) is 0 Å². The van der Waals surface area contributed by atoms with Crippen LogP contribution in [-0.4, -0.2) is 5.84 Å². The van der Waals surface area contributed by atoms with Crippen LogP contribution in [0.15, 0.2) is 41.8 Å². The highest BCUT2D eigenvalue weighted by atomic mass is 32.1. The molecule has 1 atom stereocenters. The second kappa shape index (κ2) is 4.47. The van der Waals surface area contributed by atoms with Gasteiger partial charge in [0.05, 0.1) is 6.04 Å². The number of nitrogen functional groups attached to an aromatic ring is 1. The van der Waals surface area contributed by atoms with E-state index in [1.54, 1.807) is 0 Å². The molecule has 1 heterocycles. The largest absolute Gasteiger partial charge is 0.384 e. The van der Waals surface area contributed by atoms with E-state index in [4.69, 9.17) is 16.9 Å². The van der Waals surface area contributed by atoms with Gasteiger partial charge in [0.1, 0.15) is 5.84 Å². The number of amidine groups is 1. The molecule has 4 heteroatoms. The van der Waals surface area contributed by atoms with Gasteiger partial charge in [-0.15, -0.1) is 11.3 Å². The fourth-order valence-corrected chi connectivity index (χ4v) is 2.42. The molecule has 0 aliphatic heterocycles. The van der Waals surface area contributed by atoms with E-state index in [1.807, 2.05) is 41.8 Å². The van der Waals surface area contributed by atoms with Crippen LogP contribution in [0.2, 0.25) is 0 Å². The predicted octanol–water partition coefficient (Wildman–Crippen LogP) is 2.08. The molecule has 5 N–H and O–H groups in total. The Morgan fingerprint density at radius 1 is 1.25 bits per heavy atom. The summed E-state index contributed by atoms with van der Waals surface area (Å²) >= 11 is 1.53. The van der Waals surface area contributed by atoms with Crippen LogP contribution in [-0.2, 0) is 0 Å². The molecule has 3 nitrogen and oxygen atoms in total. The number of hydrogen-bond acceptors (Lipinski definition) is 3. The molecular formula is C12H13N3S. The molecule has 0 aliphatic carbocycles. The van der Waals surface area contributed by atoms with Crippen LogP contribution in [0.5, 0.6) is 0 Å². The number of benzene rings is 1. The zero-order valence-electron chi connectivity index (χ0n) is 8.68. The van der Waals surface area contributed by atoms with Crippen LogP contribution in [0, 0.1) is 5.41 Å². The number of rotatable bonds is 3. The summed E-state index contributed by atoms with van der Waals surface area (Å²) < 4.78 is 0. The first-order chi connectivity index (χ1) is 7.68. The van der Waals surface area contributed by atoms with Crippen LogP contribution in [0.1, 0.15) is 22.0 Å². The van der Waals surface area contributed by atoms with Gasteiger partial charge in [-0.2, -0.15) is 0 Å². The van der Waals surface area contributed by atoms with Gasteiger partial charge in [-0.1, -0.05) is 30.3 Å². The number of nitrogens with one attached hydrogen (secondary N) is 1. The normalized spacial score (nSPS) is 12.3. The summed E-state index contributed by atoms with van der Waals surface area (Å²) in [4.78, 5) is 1.02. The van der Waals surface area contributed by atoms with Gasteiger partial charge in [0.2, 0.25) is 0 Å². The summed E-state index contributed by atoms with van der Waals surface area (Å²) in [6, 6.07) is 11.6. The lowest BCUT2D eigenvalue weighted by atomic mass is 10.1. The third kappa shape index (κ3) is 2.13. The Bertz CT molecular complexity index is 490. The summed E-state index contributed by atoms with van der Waals surface area (Å²) in [5.74, 6) is 0.0859. The molecule has 1 aromatic heterocycles. The monoisotopic (exact) mass is 231 g/mol. The van der Waals surface area contributed by atoms with Crippen molar-refractivity contribution >= 4 is 17.2 Å². The second-order valence-corrected chi connectivity index (χ2v) is 4.48. The van der Waals surface area contributed by atoms with E-state index >= 15 is 0 Å². The van der Waals surface area contributed by atoms with E-state index in [2.05, 4.69) is 0 Å². The molecule has 0 radical (unpaired) electrons. The van der Waals surface area contributed by atoms with Crippen LogP contribution in [0.3, 0.4) is 0 Å². The molecule has 0 saturated heterocycles. The highest BCUT2D eigenvalue weighted by molar-refractivity contribution is 7.10. The average molecular weight is 231 g/mol. The lowest BCUT2D eigenvalue weighted by Gasteiger charge is -2.09. The summed E-state index contributed by atoms with van der Waals surface area (Å²) in [6.07, 6.45) is 0. The Balaban J connectivity index is 2.27. The Hall–Kier alpha value is -1.65. The van der Waals surface area contributed by atoms with Gasteiger partial charge >= 0.3 is 0 Å². The van der Waals surface area contributed by atoms with Crippen LogP contribution in [0.25, 0.3) is 0 Å². The predicted molar refractivity (Wildman–Crippen MR) is 67.8 cm³/mol. The third-order valence-electron chi connectivity index (χ3n) is 2.40. The maximum atomic E-state index is 7.34. The van der Waals surface area contributed by atoms with Gasteiger partial charge in [0.15, 0.2) is 0 Å². The van der Waals surface area contributed by atoms with Crippen molar-refractivity contribution in [1.82, 2.24) is 0 Å². The van der Waals surface area contributed by atoms with E-state index in [9.17, 15) is 0 Å². The Morgan fingerprint density at radius 2 is 1.94 bits per heavy atom. The SMILES string of the molecule is N=C(N)c1csc(C(N)c2ccccc2)c1. The smallest absolute Gasteiger partial charge is 0.123 e. The molecule has 1 aromatic carbocycles. The molecule has 0 aliphatic rings. The lowest BCUT2D eigenvalue weighted by Crippen LogP contribution is -2.11. The van der Waals surface area contributed by atoms with Gasteiger partial charge in [-0.25, -0.2) is 0 Å². The van der Waals surface area contributed by atoms with Crippen molar-refractivity contribution in [1.29, 1.82) is 5.41 Å². The van der Waals surface area contributed by atoms with E-state index in [-0.39, 0.29) is 11.9 Å². The topological polar surface area (TPSA) is 75.9 Å². The van der Waals surface area contributed by atoms with E-state index < -0.39 is 0 Å². The third-order valence-corrected chi connectivity index (χ3v) is 3.41. The minimum absolute atomic E-state index is 0.0859. The highest BCUT2D eigenvalue weighted by Gasteiger charge is 2.11. The molecular weight excluding hydrogens is 218 g/mol. The molecule has 0 bridgehead atoms. The zero-order chi connectivity index (χ0) is 11.5. The first kappa shape index (κ1) is 10.9. The number of nitrogens with two attached hydrogens (primary N) is 2. The molecule has 82 valence electrons. The van der Waals surface area contributed by atoms with Crippen molar-refractivity contribution < 1.29 is 0 Å². The van der Waals surface area contributed by atoms with Gasteiger partial charge in [0, 0.05) is 15.8 Å². The molecule has 2 rings (SSSR count). The summed E-state index contributed by atoms with van der Waals surface area (Å²) in [5.41, 5.74) is 13.4. The lowest BCUT2D eigenvalue weighted by molar-refractivity contribution is 0.893. The minimum atomic E-state index is -0.140. The molecule has 2 aromatic rings. The van der Waals surface area contributed by atoms with Crippen molar-refractivity contribution in [3.05, 3.63) is 57.8 Å². The molecule has 0 amide bonds. The molecule has 0 spiro atoms. The fraction of sp³-hybridized carbons (Fsp3) is 0.0833. The van der Waals surface area contributed by atoms with Crippen LogP contribution < -0.4 is 11.5 Å². The number of hydrogen-bond donors (Lipinski definition) is 3. The first-order valence-electron chi connectivity index (χ1n) is 4.92. The molecule has 1 unspecified atom stereocenters. The molecule has 16 heavy (non-hydrogen) atoms. The van der Waals surface area contributed by atoms with Gasteiger partial charge in [0.25, 0.3) is 0 Å². The quantitative estimate of drug-likeness (QED) is 0.558. The Labute approximate surface area is 98.2 Å². The van der Waals surface area contributed by atoms with Gasteiger partial charge in [-0.3, -0.25) is 5.41 Å². The Kier molecular flexibility index (Phi) is 3.03. The summed E-state index contributed by atoms with van der Waals surface area (Å²) in [5, 5.41) is 9.20. The second-order valence-electron chi connectivity index (χ2n) is 3.54. The first-order valence-corrected chi connectivity index (χ1v) is 5.80. The van der Waals surface area contributed by atoms with E-state index in [0.29, 0.717) is 0 Å². The standard InChI is InChI=1S/C12H13N3S/c13-11(8-4-2-1-3-5-8)10-6-9(7-16-10)12(14)15/h1-7,11H,13H2,(H3,14,15). The van der Waals surface area contributed by atoms with Crippen molar-refractivity contribution in [3.8, 4) is 0 Å². The molecule has 0 saturated carbocycles. The zero-order valence-corrected chi connectivity index (χ0v) is 9.50. The Morgan fingerprint density at radius 3 is 2.50 bits per heavy atom. The van der Waals surface area contributed by atoms with Gasteiger partial charge < -0.3 is 11.5 Å². The molecule has 0 fully saturated rings. The summed E-state index contributed by atoms with van der Waals surface area (Å²) in [6.45, 7) is 0. The highest BCUT2D eigenvalue weighted by Crippen LogP contribution is 2.25. The van der Waals surface area contributed by atoms with Gasteiger partial charge in [-0.05, 0) is 11.6 Å². The van der Waals surface area contributed by atoms with Crippen molar-refractivity contribution in [2.45, 2.75) is 6.04 Å². The van der Waals surface area contributed by atoms with E-state index in [1.165, 1.54) is 11.3 Å². The van der Waals surface area contributed by atoms with Crippen LogP contribution >= 0.6 is 11.3 Å². The van der Waals surface area contributed by atoms with E-state index in [0.717, 1.165) is 16.0 Å². The fourth-order valence-electron chi connectivity index (χ4n) is 1.48. The van der Waals surface area contributed by atoms with Crippen molar-refractivity contribution in [2.24, 2.45) is 11.5 Å². The van der Waals surface area contributed by atoms with Crippen molar-refractivity contribution in [3.63, 3.8) is 0 Å². The average Bonchev–Trinajstić information content (AvgIpc) is 2.78. The number of thiophene rings is 1. The summed E-state index contributed by atoms with van der Waals surface area (Å²) in [7, 11) is 0.